The number of aliphatic hydroxyl groups excluding tert-OH is 1. The molecule has 2 nitrogen and oxygen atoms in total. The number of hydrogen-bond acceptors (Lipinski definition) is 3. The molecule has 0 heterocycles. The predicted molar refractivity (Wildman–Crippen MR) is 58.9 cm³/mol. The summed E-state index contributed by atoms with van der Waals surface area (Å²) in [6.45, 7) is 4.78. The van der Waals surface area contributed by atoms with Crippen molar-refractivity contribution in [2.45, 2.75) is 44.4 Å². The monoisotopic (exact) mass is 203 g/mol. The van der Waals surface area contributed by atoms with Gasteiger partial charge in [0.05, 0.1) is 6.61 Å². The molecule has 13 heavy (non-hydrogen) atoms. The normalized spacial score (nSPS) is 33.2. The van der Waals surface area contributed by atoms with Gasteiger partial charge in [-0.15, -0.1) is 0 Å². The first kappa shape index (κ1) is 11.3. The molecule has 0 aromatic heterocycles. The van der Waals surface area contributed by atoms with Gasteiger partial charge < -0.3 is 10.8 Å². The quantitative estimate of drug-likeness (QED) is 0.732. The summed E-state index contributed by atoms with van der Waals surface area (Å²) in [6, 6.07) is 0.290. The molecule has 1 aliphatic rings. The Labute approximate surface area is 85.3 Å². The summed E-state index contributed by atoms with van der Waals surface area (Å²) in [5.74, 6) is 0.828. The van der Waals surface area contributed by atoms with Crippen molar-refractivity contribution in [3.63, 3.8) is 0 Å². The Kier molecular flexibility index (Phi) is 4.07. The summed E-state index contributed by atoms with van der Waals surface area (Å²) in [4.78, 5) is 0. The highest BCUT2D eigenvalue weighted by molar-refractivity contribution is 7.99. The predicted octanol–water partition coefficient (Wildman–Crippen LogP) is 1.62. The van der Waals surface area contributed by atoms with Crippen LogP contribution in [0.2, 0.25) is 0 Å². The molecule has 1 rings (SSSR count). The molecule has 0 radical (unpaired) electrons. The highest BCUT2D eigenvalue weighted by Crippen LogP contribution is 2.39. The van der Waals surface area contributed by atoms with Crippen molar-refractivity contribution in [3.05, 3.63) is 0 Å². The van der Waals surface area contributed by atoms with Crippen molar-refractivity contribution in [1.29, 1.82) is 0 Å². The number of aliphatic hydroxyl groups is 1. The standard InChI is InChI=1S/C10H21NOS/c1-10(2)5-3-4-8(9(10)11)13-7-6-12/h8-9,12H,3-7,11H2,1-2H3. The zero-order valence-electron chi connectivity index (χ0n) is 8.62. The highest BCUT2D eigenvalue weighted by Gasteiger charge is 2.36. The van der Waals surface area contributed by atoms with Crippen LogP contribution in [0.4, 0.5) is 0 Å². The maximum absolute atomic E-state index is 8.75. The fourth-order valence-electron chi connectivity index (χ4n) is 2.00. The largest absolute Gasteiger partial charge is 0.396 e. The van der Waals surface area contributed by atoms with E-state index in [0.717, 1.165) is 5.75 Å². The number of nitrogens with two attached hydrogens (primary N) is 1. The second kappa shape index (κ2) is 4.67. The van der Waals surface area contributed by atoms with Gasteiger partial charge in [0.2, 0.25) is 0 Å². The van der Waals surface area contributed by atoms with E-state index in [2.05, 4.69) is 13.8 Å². The fraction of sp³-hybridized carbons (Fsp3) is 1.00. The van der Waals surface area contributed by atoms with Crippen LogP contribution in [0.5, 0.6) is 0 Å². The topological polar surface area (TPSA) is 46.2 Å². The molecule has 3 heteroatoms. The van der Waals surface area contributed by atoms with Gasteiger partial charge in [-0.3, -0.25) is 0 Å². The summed E-state index contributed by atoms with van der Waals surface area (Å²) < 4.78 is 0. The number of hydrogen-bond donors (Lipinski definition) is 2. The minimum atomic E-state index is 0.272. The second-order valence-corrected chi connectivity index (χ2v) is 5.89. The summed E-state index contributed by atoms with van der Waals surface area (Å²) in [6.07, 6.45) is 3.74. The third-order valence-corrected chi connectivity index (χ3v) is 4.41. The third kappa shape index (κ3) is 2.86. The van der Waals surface area contributed by atoms with E-state index in [-0.39, 0.29) is 18.1 Å². The first-order chi connectivity index (χ1) is 6.08. The van der Waals surface area contributed by atoms with Crippen LogP contribution in [0.1, 0.15) is 33.1 Å². The Morgan fingerprint density at radius 2 is 2.23 bits per heavy atom. The molecule has 2 unspecified atom stereocenters. The average Bonchev–Trinajstić information content (AvgIpc) is 2.08. The van der Waals surface area contributed by atoms with Crippen LogP contribution in [0.3, 0.4) is 0 Å². The molecular weight excluding hydrogens is 182 g/mol. The first-order valence-electron chi connectivity index (χ1n) is 5.06. The van der Waals surface area contributed by atoms with Crippen molar-refractivity contribution >= 4 is 11.8 Å². The Balaban J connectivity index is 2.45. The minimum absolute atomic E-state index is 0.272. The zero-order chi connectivity index (χ0) is 9.90. The molecule has 0 aliphatic heterocycles. The summed E-state index contributed by atoms with van der Waals surface area (Å²) in [5.41, 5.74) is 6.48. The molecule has 78 valence electrons. The van der Waals surface area contributed by atoms with Crippen LogP contribution in [-0.2, 0) is 0 Å². The Hall–Kier alpha value is 0.270. The van der Waals surface area contributed by atoms with E-state index in [9.17, 15) is 0 Å². The van der Waals surface area contributed by atoms with Gasteiger partial charge in [0.25, 0.3) is 0 Å². The van der Waals surface area contributed by atoms with Crippen LogP contribution in [0.15, 0.2) is 0 Å². The molecule has 1 saturated carbocycles. The summed E-state index contributed by atoms with van der Waals surface area (Å²) >= 11 is 1.83. The van der Waals surface area contributed by atoms with Crippen molar-refractivity contribution in [2.24, 2.45) is 11.1 Å². The van der Waals surface area contributed by atoms with Gasteiger partial charge in [0, 0.05) is 17.0 Å². The number of thioether (sulfide) groups is 1. The lowest BCUT2D eigenvalue weighted by Gasteiger charge is -2.41. The zero-order valence-corrected chi connectivity index (χ0v) is 9.44. The van der Waals surface area contributed by atoms with Gasteiger partial charge in [-0.2, -0.15) is 11.8 Å². The van der Waals surface area contributed by atoms with Gasteiger partial charge in [0.15, 0.2) is 0 Å². The lowest BCUT2D eigenvalue weighted by molar-refractivity contribution is 0.208. The Morgan fingerprint density at radius 1 is 1.54 bits per heavy atom. The lowest BCUT2D eigenvalue weighted by Crippen LogP contribution is -2.48. The molecule has 0 spiro atoms. The van der Waals surface area contributed by atoms with Gasteiger partial charge in [-0.25, -0.2) is 0 Å². The molecule has 1 aliphatic carbocycles. The van der Waals surface area contributed by atoms with E-state index >= 15 is 0 Å². The van der Waals surface area contributed by atoms with E-state index in [1.165, 1.54) is 19.3 Å². The molecule has 0 aromatic rings. The second-order valence-electron chi connectivity index (χ2n) is 4.54. The van der Waals surface area contributed by atoms with Crippen molar-refractivity contribution < 1.29 is 5.11 Å². The van der Waals surface area contributed by atoms with E-state index in [1.54, 1.807) is 0 Å². The van der Waals surface area contributed by atoms with Gasteiger partial charge in [-0.05, 0) is 18.3 Å². The third-order valence-electron chi connectivity index (χ3n) is 3.04. The molecular formula is C10H21NOS. The summed E-state index contributed by atoms with van der Waals surface area (Å²) in [5, 5.41) is 9.30. The van der Waals surface area contributed by atoms with E-state index in [4.69, 9.17) is 10.8 Å². The molecule has 0 bridgehead atoms. The Bertz CT molecular complexity index is 161. The smallest absolute Gasteiger partial charge is 0.0521 e. The van der Waals surface area contributed by atoms with Gasteiger partial charge >= 0.3 is 0 Å². The maximum atomic E-state index is 8.75. The van der Waals surface area contributed by atoms with Crippen LogP contribution < -0.4 is 5.73 Å². The Morgan fingerprint density at radius 3 is 2.85 bits per heavy atom. The van der Waals surface area contributed by atoms with Crippen LogP contribution in [0.25, 0.3) is 0 Å². The highest BCUT2D eigenvalue weighted by atomic mass is 32.2. The van der Waals surface area contributed by atoms with E-state index in [1.807, 2.05) is 11.8 Å². The van der Waals surface area contributed by atoms with Crippen LogP contribution in [-0.4, -0.2) is 28.8 Å². The summed E-state index contributed by atoms with van der Waals surface area (Å²) in [7, 11) is 0. The van der Waals surface area contributed by atoms with Gasteiger partial charge in [0.1, 0.15) is 0 Å². The average molecular weight is 203 g/mol. The number of rotatable bonds is 3. The lowest BCUT2D eigenvalue weighted by atomic mass is 9.73. The SMILES string of the molecule is CC1(C)CCCC(SCCO)C1N. The molecule has 0 amide bonds. The van der Waals surface area contributed by atoms with E-state index in [0.29, 0.717) is 5.25 Å². The minimum Gasteiger partial charge on any atom is -0.396 e. The fourth-order valence-corrected chi connectivity index (χ4v) is 3.32. The molecule has 3 N–H and O–H groups in total. The van der Waals surface area contributed by atoms with Crippen molar-refractivity contribution in [2.75, 3.05) is 12.4 Å². The van der Waals surface area contributed by atoms with Crippen LogP contribution in [0, 0.1) is 5.41 Å². The molecule has 0 saturated heterocycles. The maximum Gasteiger partial charge on any atom is 0.0521 e. The van der Waals surface area contributed by atoms with Crippen molar-refractivity contribution in [3.8, 4) is 0 Å². The molecule has 0 aromatic carbocycles. The van der Waals surface area contributed by atoms with E-state index < -0.39 is 0 Å². The first-order valence-corrected chi connectivity index (χ1v) is 6.11. The van der Waals surface area contributed by atoms with Crippen LogP contribution >= 0.6 is 11.8 Å². The van der Waals surface area contributed by atoms with Crippen molar-refractivity contribution in [1.82, 2.24) is 0 Å². The molecule has 2 atom stereocenters. The molecule has 1 fully saturated rings. The van der Waals surface area contributed by atoms with Gasteiger partial charge in [-0.1, -0.05) is 20.3 Å².